The number of hydrogen-bond donors (Lipinski definition) is 2. The van der Waals surface area contributed by atoms with Crippen LogP contribution in [0.3, 0.4) is 0 Å². The molecule has 1 aromatic carbocycles. The maximum absolute atomic E-state index is 12.6. The van der Waals surface area contributed by atoms with Crippen LogP contribution in [0.1, 0.15) is 61.1 Å². The predicted octanol–water partition coefficient (Wildman–Crippen LogP) is 3.16. The van der Waals surface area contributed by atoms with Crippen molar-refractivity contribution in [3.05, 3.63) is 40.7 Å². The Bertz CT molecular complexity index is 816. The standard InChI is InChI=1S/C20H27N3O4/c1-11(2)26-16-7-6-14(9-17(16)25-5)10-21-20(24)19-15-8-12(3)27-13(4)18(15)22-23-19/h6-7,9,11-13H,8,10H2,1-5H3,(H,21,24)(H,22,23)/t12-,13+/m0/s1. The van der Waals surface area contributed by atoms with Crippen LogP contribution in [0.2, 0.25) is 0 Å². The smallest absolute Gasteiger partial charge is 0.272 e. The van der Waals surface area contributed by atoms with Gasteiger partial charge in [0, 0.05) is 18.5 Å². The Balaban J connectivity index is 1.70. The minimum absolute atomic E-state index is 0.0593. The number of aromatic amines is 1. The lowest BCUT2D eigenvalue weighted by molar-refractivity contribution is -0.00697. The molecule has 2 atom stereocenters. The number of nitrogens with one attached hydrogen (secondary N) is 2. The molecular weight excluding hydrogens is 346 g/mol. The van der Waals surface area contributed by atoms with Gasteiger partial charge >= 0.3 is 0 Å². The van der Waals surface area contributed by atoms with Crippen LogP contribution in [-0.2, 0) is 17.7 Å². The van der Waals surface area contributed by atoms with Gasteiger partial charge in [0.15, 0.2) is 17.2 Å². The maximum atomic E-state index is 12.6. The molecule has 2 heterocycles. The van der Waals surface area contributed by atoms with E-state index in [1.807, 2.05) is 45.9 Å². The molecule has 27 heavy (non-hydrogen) atoms. The molecule has 2 N–H and O–H groups in total. The van der Waals surface area contributed by atoms with Gasteiger partial charge in [0.1, 0.15) is 0 Å². The highest BCUT2D eigenvalue weighted by molar-refractivity contribution is 5.94. The van der Waals surface area contributed by atoms with E-state index in [0.29, 0.717) is 30.2 Å². The van der Waals surface area contributed by atoms with Gasteiger partial charge in [-0.3, -0.25) is 9.89 Å². The number of fused-ring (bicyclic) bond motifs is 1. The molecule has 146 valence electrons. The van der Waals surface area contributed by atoms with E-state index in [9.17, 15) is 4.79 Å². The summed E-state index contributed by atoms with van der Waals surface area (Å²) in [5, 5.41) is 10.1. The third-order valence-electron chi connectivity index (χ3n) is 4.49. The SMILES string of the molecule is COc1cc(CNC(=O)c2n[nH]c3c2C[C@H](C)O[C@@H]3C)ccc1OC(C)C. The molecule has 1 aromatic heterocycles. The van der Waals surface area contributed by atoms with E-state index in [1.165, 1.54) is 0 Å². The van der Waals surface area contributed by atoms with Crippen LogP contribution in [0, 0.1) is 0 Å². The number of ether oxygens (including phenoxy) is 3. The highest BCUT2D eigenvalue weighted by Crippen LogP contribution is 2.31. The molecule has 7 nitrogen and oxygen atoms in total. The number of amides is 1. The Morgan fingerprint density at radius 2 is 2.15 bits per heavy atom. The minimum atomic E-state index is -0.199. The second kappa shape index (κ2) is 8.00. The van der Waals surface area contributed by atoms with E-state index in [2.05, 4.69) is 15.5 Å². The molecule has 0 fully saturated rings. The number of H-pyrrole nitrogens is 1. The summed E-state index contributed by atoms with van der Waals surface area (Å²) in [6.07, 6.45) is 0.711. The van der Waals surface area contributed by atoms with Gasteiger partial charge in [0.25, 0.3) is 5.91 Å². The average Bonchev–Trinajstić information content (AvgIpc) is 3.04. The van der Waals surface area contributed by atoms with Crippen molar-refractivity contribution < 1.29 is 19.0 Å². The van der Waals surface area contributed by atoms with Gasteiger partial charge in [-0.05, 0) is 45.4 Å². The van der Waals surface area contributed by atoms with Crippen LogP contribution in [-0.4, -0.2) is 35.4 Å². The van der Waals surface area contributed by atoms with Gasteiger partial charge in [-0.2, -0.15) is 5.10 Å². The number of carbonyl (C=O) groups is 1. The molecule has 0 bridgehead atoms. The second-order valence-electron chi connectivity index (χ2n) is 7.09. The largest absolute Gasteiger partial charge is 0.493 e. The van der Waals surface area contributed by atoms with Crippen LogP contribution in [0.15, 0.2) is 18.2 Å². The molecule has 3 rings (SSSR count). The van der Waals surface area contributed by atoms with Crippen molar-refractivity contribution in [2.45, 2.75) is 59.0 Å². The van der Waals surface area contributed by atoms with Crippen molar-refractivity contribution in [1.82, 2.24) is 15.5 Å². The minimum Gasteiger partial charge on any atom is -0.493 e. The summed E-state index contributed by atoms with van der Waals surface area (Å²) in [5.74, 6) is 1.13. The summed E-state index contributed by atoms with van der Waals surface area (Å²) in [5.41, 5.74) is 3.19. The molecule has 0 radical (unpaired) electrons. The lowest BCUT2D eigenvalue weighted by Gasteiger charge is -2.25. The lowest BCUT2D eigenvalue weighted by Crippen LogP contribution is -2.27. The van der Waals surface area contributed by atoms with Crippen molar-refractivity contribution in [1.29, 1.82) is 0 Å². The average molecular weight is 373 g/mol. The first-order valence-electron chi connectivity index (χ1n) is 9.23. The molecule has 0 spiro atoms. The number of methoxy groups -OCH3 is 1. The van der Waals surface area contributed by atoms with Crippen molar-refractivity contribution in [2.24, 2.45) is 0 Å². The fourth-order valence-electron chi connectivity index (χ4n) is 3.30. The predicted molar refractivity (Wildman–Crippen MR) is 101 cm³/mol. The fraction of sp³-hybridized carbons (Fsp3) is 0.500. The van der Waals surface area contributed by atoms with Crippen LogP contribution < -0.4 is 14.8 Å². The quantitative estimate of drug-likeness (QED) is 0.812. The third kappa shape index (κ3) is 4.24. The van der Waals surface area contributed by atoms with Gasteiger partial charge in [0.05, 0.1) is 31.1 Å². The van der Waals surface area contributed by atoms with E-state index in [1.54, 1.807) is 7.11 Å². The topological polar surface area (TPSA) is 85.5 Å². The van der Waals surface area contributed by atoms with Crippen molar-refractivity contribution >= 4 is 5.91 Å². The van der Waals surface area contributed by atoms with Crippen LogP contribution >= 0.6 is 0 Å². The van der Waals surface area contributed by atoms with E-state index in [4.69, 9.17) is 14.2 Å². The molecule has 1 amide bonds. The van der Waals surface area contributed by atoms with Crippen LogP contribution in [0.25, 0.3) is 0 Å². The monoisotopic (exact) mass is 373 g/mol. The fourth-order valence-corrected chi connectivity index (χ4v) is 3.30. The highest BCUT2D eigenvalue weighted by Gasteiger charge is 2.29. The Morgan fingerprint density at radius 1 is 1.37 bits per heavy atom. The first kappa shape index (κ1) is 19.2. The first-order valence-corrected chi connectivity index (χ1v) is 9.23. The normalized spacial score (nSPS) is 18.9. The van der Waals surface area contributed by atoms with Gasteiger partial charge in [-0.1, -0.05) is 6.07 Å². The van der Waals surface area contributed by atoms with Crippen molar-refractivity contribution in [3.63, 3.8) is 0 Å². The number of aromatic nitrogens is 2. The van der Waals surface area contributed by atoms with Crippen molar-refractivity contribution in [2.75, 3.05) is 7.11 Å². The maximum Gasteiger partial charge on any atom is 0.272 e. The van der Waals surface area contributed by atoms with E-state index < -0.39 is 0 Å². The zero-order chi connectivity index (χ0) is 19.6. The summed E-state index contributed by atoms with van der Waals surface area (Å²) < 4.78 is 16.9. The first-order chi connectivity index (χ1) is 12.9. The highest BCUT2D eigenvalue weighted by atomic mass is 16.5. The number of benzene rings is 1. The molecule has 0 saturated carbocycles. The Kier molecular flexibility index (Phi) is 5.70. The van der Waals surface area contributed by atoms with Crippen LogP contribution in [0.5, 0.6) is 11.5 Å². The van der Waals surface area contributed by atoms with Gasteiger partial charge in [0.2, 0.25) is 0 Å². The van der Waals surface area contributed by atoms with Gasteiger partial charge in [-0.25, -0.2) is 0 Å². The van der Waals surface area contributed by atoms with E-state index in [-0.39, 0.29) is 24.2 Å². The Labute approximate surface area is 159 Å². The molecular formula is C20H27N3O4. The Hall–Kier alpha value is -2.54. The molecule has 0 unspecified atom stereocenters. The summed E-state index contributed by atoms with van der Waals surface area (Å²) in [6.45, 7) is 8.26. The number of hydrogen-bond acceptors (Lipinski definition) is 5. The number of carbonyl (C=O) groups excluding carboxylic acids is 1. The van der Waals surface area contributed by atoms with E-state index >= 15 is 0 Å². The molecule has 1 aliphatic rings. The molecule has 1 aliphatic heterocycles. The zero-order valence-electron chi connectivity index (χ0n) is 16.5. The van der Waals surface area contributed by atoms with Crippen LogP contribution in [0.4, 0.5) is 0 Å². The van der Waals surface area contributed by atoms with Gasteiger partial charge < -0.3 is 19.5 Å². The Morgan fingerprint density at radius 3 is 2.85 bits per heavy atom. The summed E-state index contributed by atoms with van der Waals surface area (Å²) in [6, 6.07) is 5.64. The molecule has 7 heteroatoms. The molecule has 0 aliphatic carbocycles. The van der Waals surface area contributed by atoms with E-state index in [0.717, 1.165) is 16.8 Å². The lowest BCUT2D eigenvalue weighted by atomic mass is 9.99. The summed E-state index contributed by atoms with van der Waals surface area (Å²) in [4.78, 5) is 12.6. The number of rotatable bonds is 6. The molecule has 0 saturated heterocycles. The number of nitrogens with zero attached hydrogens (tertiary/aromatic N) is 1. The second-order valence-corrected chi connectivity index (χ2v) is 7.09. The van der Waals surface area contributed by atoms with Crippen molar-refractivity contribution in [3.8, 4) is 11.5 Å². The third-order valence-corrected chi connectivity index (χ3v) is 4.49. The molecule has 2 aromatic rings. The zero-order valence-corrected chi connectivity index (χ0v) is 16.5. The summed E-state index contributed by atoms with van der Waals surface area (Å²) in [7, 11) is 1.60. The van der Waals surface area contributed by atoms with Gasteiger partial charge in [-0.15, -0.1) is 0 Å². The summed E-state index contributed by atoms with van der Waals surface area (Å²) >= 11 is 0.